The van der Waals surface area contributed by atoms with E-state index >= 15 is 0 Å². The van der Waals surface area contributed by atoms with Crippen LogP contribution in [0.4, 0.5) is 0 Å². The van der Waals surface area contributed by atoms with Crippen molar-refractivity contribution in [2.75, 3.05) is 0 Å². The highest BCUT2D eigenvalue weighted by Gasteiger charge is 2.29. The number of aliphatic hydroxyl groups is 1. The molecule has 0 radical (unpaired) electrons. The molecule has 1 heterocycles. The molecule has 0 aliphatic carbocycles. The Bertz CT molecular complexity index is 507. The van der Waals surface area contributed by atoms with Crippen molar-refractivity contribution < 1.29 is 5.11 Å². The molecule has 0 fully saturated rings. The number of hydrogen-bond donors (Lipinski definition) is 1. The summed E-state index contributed by atoms with van der Waals surface area (Å²) in [6.45, 7) is 1.73. The summed E-state index contributed by atoms with van der Waals surface area (Å²) in [5.41, 5.74) is 0.361. The maximum atomic E-state index is 10.5. The lowest BCUT2D eigenvalue weighted by Gasteiger charge is -2.23. The van der Waals surface area contributed by atoms with Gasteiger partial charge in [-0.15, -0.1) is 5.10 Å². The van der Waals surface area contributed by atoms with Gasteiger partial charge in [-0.05, 0) is 24.6 Å². The minimum absolute atomic E-state index is 0.658. The fourth-order valence-electron chi connectivity index (χ4n) is 1.67. The molecule has 0 aliphatic heterocycles. The van der Waals surface area contributed by atoms with Crippen LogP contribution >= 0.6 is 15.9 Å². The van der Waals surface area contributed by atoms with Gasteiger partial charge in [0.25, 0.3) is 0 Å². The first kappa shape index (κ1) is 11.3. The van der Waals surface area contributed by atoms with Crippen molar-refractivity contribution in [2.45, 2.75) is 12.5 Å². The van der Waals surface area contributed by atoms with Crippen molar-refractivity contribution in [1.82, 2.24) is 15.0 Å². The van der Waals surface area contributed by atoms with Gasteiger partial charge < -0.3 is 5.11 Å². The van der Waals surface area contributed by atoms with Crippen molar-refractivity contribution in [3.63, 3.8) is 0 Å². The zero-order chi connectivity index (χ0) is 11.8. The molecular formula is C11H12BrN3O. The normalized spacial score (nSPS) is 14.8. The van der Waals surface area contributed by atoms with Crippen molar-refractivity contribution >= 4 is 15.9 Å². The standard InChI is InChI=1S/C11H12BrN3O/c1-11(16,10-7-13-14-15(10)2)8-4-3-5-9(12)6-8/h3-7,16H,1-2H3. The van der Waals surface area contributed by atoms with Crippen LogP contribution in [0.2, 0.25) is 0 Å². The van der Waals surface area contributed by atoms with Gasteiger partial charge in [-0.25, -0.2) is 4.68 Å². The number of hydrogen-bond acceptors (Lipinski definition) is 3. The van der Waals surface area contributed by atoms with E-state index in [0.29, 0.717) is 5.69 Å². The quantitative estimate of drug-likeness (QED) is 0.914. The van der Waals surface area contributed by atoms with Gasteiger partial charge >= 0.3 is 0 Å². The van der Waals surface area contributed by atoms with Crippen molar-refractivity contribution in [3.05, 3.63) is 46.2 Å². The van der Waals surface area contributed by atoms with E-state index in [9.17, 15) is 5.11 Å². The minimum atomic E-state index is -1.10. The smallest absolute Gasteiger partial charge is 0.130 e. The Morgan fingerprint density at radius 1 is 1.44 bits per heavy atom. The van der Waals surface area contributed by atoms with Gasteiger partial charge in [0, 0.05) is 11.5 Å². The van der Waals surface area contributed by atoms with Crippen LogP contribution in [0, 0.1) is 0 Å². The summed E-state index contributed by atoms with van der Waals surface area (Å²) >= 11 is 3.39. The molecule has 1 N–H and O–H groups in total. The van der Waals surface area contributed by atoms with Gasteiger partial charge in [-0.1, -0.05) is 33.3 Å². The summed E-state index contributed by atoms with van der Waals surface area (Å²) in [5.74, 6) is 0. The van der Waals surface area contributed by atoms with Crippen LogP contribution < -0.4 is 0 Å². The third-order valence-electron chi connectivity index (χ3n) is 2.60. The first-order valence-electron chi connectivity index (χ1n) is 4.85. The molecule has 0 saturated heterocycles. The zero-order valence-corrected chi connectivity index (χ0v) is 10.6. The van der Waals surface area contributed by atoms with E-state index in [1.165, 1.54) is 0 Å². The highest BCUT2D eigenvalue weighted by atomic mass is 79.9. The molecule has 84 valence electrons. The molecule has 1 aromatic carbocycles. The summed E-state index contributed by atoms with van der Waals surface area (Å²) in [6, 6.07) is 7.56. The van der Waals surface area contributed by atoms with E-state index in [1.807, 2.05) is 24.3 Å². The van der Waals surface area contributed by atoms with E-state index in [-0.39, 0.29) is 0 Å². The minimum Gasteiger partial charge on any atom is -0.379 e. The van der Waals surface area contributed by atoms with Crippen LogP contribution in [0.5, 0.6) is 0 Å². The van der Waals surface area contributed by atoms with Crippen LogP contribution in [0.25, 0.3) is 0 Å². The lowest BCUT2D eigenvalue weighted by atomic mass is 9.93. The van der Waals surface area contributed by atoms with E-state index in [1.54, 1.807) is 24.9 Å². The van der Waals surface area contributed by atoms with E-state index in [0.717, 1.165) is 10.0 Å². The molecule has 1 atom stereocenters. The average Bonchev–Trinajstić information content (AvgIpc) is 2.65. The molecule has 0 aliphatic rings. The lowest BCUT2D eigenvalue weighted by molar-refractivity contribution is 0.0928. The number of benzene rings is 1. The summed E-state index contributed by atoms with van der Waals surface area (Å²) in [7, 11) is 1.76. The molecule has 4 nitrogen and oxygen atoms in total. The van der Waals surface area contributed by atoms with E-state index < -0.39 is 5.60 Å². The summed E-state index contributed by atoms with van der Waals surface area (Å²) in [6.07, 6.45) is 1.57. The maximum Gasteiger partial charge on any atom is 0.130 e. The third kappa shape index (κ3) is 1.88. The zero-order valence-electron chi connectivity index (χ0n) is 9.05. The van der Waals surface area contributed by atoms with E-state index in [2.05, 4.69) is 26.2 Å². The molecular weight excluding hydrogens is 270 g/mol. The monoisotopic (exact) mass is 281 g/mol. The third-order valence-corrected chi connectivity index (χ3v) is 3.09. The second kappa shape index (κ2) is 3.99. The molecule has 16 heavy (non-hydrogen) atoms. The summed E-state index contributed by atoms with van der Waals surface area (Å²) in [4.78, 5) is 0. The Morgan fingerprint density at radius 3 is 2.75 bits per heavy atom. The van der Waals surface area contributed by atoms with Crippen molar-refractivity contribution in [2.24, 2.45) is 7.05 Å². The Balaban J connectivity index is 2.51. The van der Waals surface area contributed by atoms with Crippen molar-refractivity contribution in [1.29, 1.82) is 0 Å². The van der Waals surface area contributed by atoms with Gasteiger partial charge in [0.1, 0.15) is 5.60 Å². The second-order valence-corrected chi connectivity index (χ2v) is 4.74. The number of aryl methyl sites for hydroxylation is 1. The van der Waals surface area contributed by atoms with Crippen LogP contribution in [0.15, 0.2) is 34.9 Å². The van der Waals surface area contributed by atoms with Crippen LogP contribution in [0.3, 0.4) is 0 Å². The Hall–Kier alpha value is -1.20. The SMILES string of the molecule is Cn1nncc1C(C)(O)c1cccc(Br)c1. The highest BCUT2D eigenvalue weighted by Crippen LogP contribution is 2.29. The Labute approximate surface area is 102 Å². The molecule has 2 rings (SSSR count). The lowest BCUT2D eigenvalue weighted by Crippen LogP contribution is -2.26. The molecule has 1 unspecified atom stereocenters. The van der Waals surface area contributed by atoms with Crippen LogP contribution in [-0.2, 0) is 12.6 Å². The largest absolute Gasteiger partial charge is 0.379 e. The van der Waals surface area contributed by atoms with Gasteiger partial charge in [0.05, 0.1) is 11.9 Å². The highest BCUT2D eigenvalue weighted by molar-refractivity contribution is 9.10. The number of aromatic nitrogens is 3. The number of nitrogens with zero attached hydrogens (tertiary/aromatic N) is 3. The maximum absolute atomic E-state index is 10.5. The van der Waals surface area contributed by atoms with E-state index in [4.69, 9.17) is 0 Å². The molecule has 5 heteroatoms. The summed E-state index contributed by atoms with van der Waals surface area (Å²) < 4.78 is 2.50. The number of halogens is 1. The Kier molecular flexibility index (Phi) is 2.82. The van der Waals surface area contributed by atoms with Gasteiger partial charge in [0.15, 0.2) is 0 Å². The van der Waals surface area contributed by atoms with Crippen LogP contribution in [0.1, 0.15) is 18.2 Å². The topological polar surface area (TPSA) is 50.9 Å². The molecule has 0 amide bonds. The van der Waals surface area contributed by atoms with Gasteiger partial charge in [0.2, 0.25) is 0 Å². The first-order chi connectivity index (χ1) is 7.51. The Morgan fingerprint density at radius 2 is 2.19 bits per heavy atom. The fraction of sp³-hybridized carbons (Fsp3) is 0.273. The summed E-state index contributed by atoms with van der Waals surface area (Å²) in [5, 5.41) is 18.1. The molecule has 1 aromatic heterocycles. The molecule has 0 bridgehead atoms. The molecule has 0 spiro atoms. The van der Waals surface area contributed by atoms with Crippen molar-refractivity contribution in [3.8, 4) is 0 Å². The predicted molar refractivity (Wildman–Crippen MR) is 63.8 cm³/mol. The second-order valence-electron chi connectivity index (χ2n) is 3.83. The first-order valence-corrected chi connectivity index (χ1v) is 5.64. The van der Waals surface area contributed by atoms with Gasteiger partial charge in [-0.2, -0.15) is 0 Å². The average molecular weight is 282 g/mol. The molecule has 2 aromatic rings. The number of rotatable bonds is 2. The predicted octanol–water partition coefficient (Wildman–Crippen LogP) is 1.83. The fourth-order valence-corrected chi connectivity index (χ4v) is 2.07. The van der Waals surface area contributed by atoms with Crippen LogP contribution in [-0.4, -0.2) is 20.1 Å². The molecule has 0 saturated carbocycles. The van der Waals surface area contributed by atoms with Gasteiger partial charge in [-0.3, -0.25) is 0 Å².